The van der Waals surface area contributed by atoms with Crippen LogP contribution < -0.4 is 20.3 Å². The summed E-state index contributed by atoms with van der Waals surface area (Å²) >= 11 is 0. The zero-order chi connectivity index (χ0) is 20.5. The number of methoxy groups -OCH3 is 1. The fraction of sp³-hybridized carbons (Fsp3) is 0.364. The van der Waals surface area contributed by atoms with Gasteiger partial charge in [-0.2, -0.15) is 0 Å². The number of amides is 1. The molecule has 0 radical (unpaired) electrons. The average Bonchev–Trinajstić information content (AvgIpc) is 2.80. The van der Waals surface area contributed by atoms with Gasteiger partial charge in [-0.3, -0.25) is 9.79 Å². The molecule has 0 bridgehead atoms. The summed E-state index contributed by atoms with van der Waals surface area (Å²) < 4.78 is 5.23. The molecular formula is C22H30IN5O2. The van der Waals surface area contributed by atoms with Crippen molar-refractivity contribution < 1.29 is 9.53 Å². The van der Waals surface area contributed by atoms with Gasteiger partial charge in [0.2, 0.25) is 0 Å². The van der Waals surface area contributed by atoms with Crippen molar-refractivity contribution in [3.05, 3.63) is 60.2 Å². The number of guanidine groups is 1. The number of anilines is 1. The first-order valence-corrected chi connectivity index (χ1v) is 9.89. The first-order valence-electron chi connectivity index (χ1n) is 9.89. The summed E-state index contributed by atoms with van der Waals surface area (Å²) in [5.74, 6) is 1.68. The minimum Gasteiger partial charge on any atom is -0.497 e. The maximum absolute atomic E-state index is 12.1. The highest BCUT2D eigenvalue weighted by atomic mass is 127. The number of ether oxygens (including phenoxy) is 1. The van der Waals surface area contributed by atoms with Crippen LogP contribution in [-0.4, -0.2) is 70.2 Å². The number of aliphatic imine (C=N–C) groups is 1. The Morgan fingerprint density at radius 3 is 2.20 bits per heavy atom. The van der Waals surface area contributed by atoms with Gasteiger partial charge >= 0.3 is 0 Å². The number of piperazine rings is 1. The molecule has 1 fully saturated rings. The molecule has 3 rings (SSSR count). The quantitative estimate of drug-likeness (QED) is 0.264. The van der Waals surface area contributed by atoms with E-state index in [-0.39, 0.29) is 29.9 Å². The highest BCUT2D eigenvalue weighted by Gasteiger charge is 2.19. The van der Waals surface area contributed by atoms with Crippen LogP contribution >= 0.6 is 24.0 Å². The topological polar surface area (TPSA) is 69.2 Å². The third-order valence-corrected chi connectivity index (χ3v) is 4.96. The Morgan fingerprint density at radius 1 is 0.967 bits per heavy atom. The molecule has 1 heterocycles. The Labute approximate surface area is 195 Å². The van der Waals surface area contributed by atoms with Crippen molar-refractivity contribution in [1.29, 1.82) is 0 Å². The van der Waals surface area contributed by atoms with E-state index in [9.17, 15) is 4.79 Å². The van der Waals surface area contributed by atoms with Crippen LogP contribution in [0.25, 0.3) is 0 Å². The van der Waals surface area contributed by atoms with E-state index in [0.717, 1.165) is 37.9 Å². The summed E-state index contributed by atoms with van der Waals surface area (Å²) in [6.07, 6.45) is 0. The second kappa shape index (κ2) is 12.3. The molecular weight excluding hydrogens is 493 g/mol. The highest BCUT2D eigenvalue weighted by molar-refractivity contribution is 14.0. The van der Waals surface area contributed by atoms with Crippen LogP contribution in [0.1, 0.15) is 10.4 Å². The zero-order valence-electron chi connectivity index (χ0n) is 17.5. The summed E-state index contributed by atoms with van der Waals surface area (Å²) in [7, 11) is 3.47. The van der Waals surface area contributed by atoms with E-state index in [1.807, 2.05) is 42.5 Å². The van der Waals surface area contributed by atoms with Crippen molar-refractivity contribution >= 4 is 41.5 Å². The zero-order valence-corrected chi connectivity index (χ0v) is 19.8. The number of hydrogen-bond acceptors (Lipinski definition) is 4. The predicted octanol–water partition coefficient (Wildman–Crippen LogP) is 2.44. The molecule has 0 aromatic heterocycles. The first kappa shape index (κ1) is 23.8. The van der Waals surface area contributed by atoms with Crippen LogP contribution in [0, 0.1) is 0 Å². The monoisotopic (exact) mass is 523 g/mol. The number of nitrogens with zero attached hydrogens (tertiary/aromatic N) is 3. The molecule has 1 aliphatic heterocycles. The Kier molecular flexibility index (Phi) is 9.72. The van der Waals surface area contributed by atoms with E-state index in [2.05, 4.69) is 37.6 Å². The van der Waals surface area contributed by atoms with Gasteiger partial charge in [-0.05, 0) is 36.4 Å². The lowest BCUT2D eigenvalue weighted by Crippen LogP contribution is -2.53. The summed E-state index contributed by atoms with van der Waals surface area (Å²) in [5, 5.41) is 6.27. The van der Waals surface area contributed by atoms with Gasteiger partial charge in [0.25, 0.3) is 5.91 Å². The molecule has 1 aliphatic rings. The van der Waals surface area contributed by atoms with Gasteiger partial charge in [-0.15, -0.1) is 24.0 Å². The smallest absolute Gasteiger partial charge is 0.251 e. The van der Waals surface area contributed by atoms with Crippen molar-refractivity contribution in [3.63, 3.8) is 0 Å². The van der Waals surface area contributed by atoms with Crippen LogP contribution in [0.2, 0.25) is 0 Å². The molecule has 2 aromatic carbocycles. The Hall–Kier alpha value is -2.49. The summed E-state index contributed by atoms with van der Waals surface area (Å²) in [5.41, 5.74) is 1.88. The molecule has 1 amide bonds. The molecule has 1 saturated heterocycles. The van der Waals surface area contributed by atoms with Gasteiger partial charge in [0.05, 0.1) is 7.11 Å². The molecule has 0 saturated carbocycles. The Bertz CT molecular complexity index is 806. The maximum Gasteiger partial charge on any atom is 0.251 e. The molecule has 162 valence electrons. The summed E-state index contributed by atoms with van der Waals surface area (Å²) in [4.78, 5) is 21.1. The lowest BCUT2D eigenvalue weighted by atomic mass is 10.2. The average molecular weight is 523 g/mol. The lowest BCUT2D eigenvalue weighted by Gasteiger charge is -2.37. The van der Waals surface area contributed by atoms with Gasteiger partial charge in [0, 0.05) is 57.6 Å². The molecule has 30 heavy (non-hydrogen) atoms. The van der Waals surface area contributed by atoms with Crippen molar-refractivity contribution in [3.8, 4) is 5.75 Å². The van der Waals surface area contributed by atoms with Crippen LogP contribution in [0.4, 0.5) is 5.69 Å². The van der Waals surface area contributed by atoms with Gasteiger partial charge in [-0.25, -0.2) is 0 Å². The largest absolute Gasteiger partial charge is 0.497 e. The maximum atomic E-state index is 12.1. The minimum absolute atomic E-state index is 0. The van der Waals surface area contributed by atoms with E-state index < -0.39 is 0 Å². The number of rotatable bonds is 6. The molecule has 0 aliphatic carbocycles. The predicted molar refractivity (Wildman–Crippen MR) is 132 cm³/mol. The number of nitrogens with one attached hydrogen (secondary N) is 2. The summed E-state index contributed by atoms with van der Waals surface area (Å²) in [6, 6.07) is 17.4. The van der Waals surface area contributed by atoms with Crippen molar-refractivity contribution in [2.24, 2.45) is 4.99 Å². The second-order valence-corrected chi connectivity index (χ2v) is 6.77. The number of carbonyl (C=O) groups excluding carboxylic acids is 1. The van der Waals surface area contributed by atoms with Crippen molar-refractivity contribution in [2.45, 2.75) is 0 Å². The van der Waals surface area contributed by atoms with E-state index in [0.29, 0.717) is 18.7 Å². The molecule has 0 atom stereocenters. The van der Waals surface area contributed by atoms with Gasteiger partial charge in [0.1, 0.15) is 5.75 Å². The van der Waals surface area contributed by atoms with E-state index in [4.69, 9.17) is 4.74 Å². The third kappa shape index (κ3) is 6.51. The fourth-order valence-corrected chi connectivity index (χ4v) is 3.34. The molecule has 7 nitrogen and oxygen atoms in total. The second-order valence-electron chi connectivity index (χ2n) is 6.77. The third-order valence-electron chi connectivity index (χ3n) is 4.96. The minimum atomic E-state index is -0.0597. The van der Waals surface area contributed by atoms with Crippen molar-refractivity contribution in [2.75, 3.05) is 58.3 Å². The highest BCUT2D eigenvalue weighted by Crippen LogP contribution is 2.20. The van der Waals surface area contributed by atoms with Crippen LogP contribution in [0.15, 0.2) is 59.6 Å². The lowest BCUT2D eigenvalue weighted by molar-refractivity contribution is 0.0954. The standard InChI is InChI=1S/C22H29N5O2.HI/c1-23-22(25-13-12-24-21(28)18-6-4-3-5-7-18)27-16-14-26(15-17-27)19-8-10-20(29-2)11-9-19;/h3-11H,12-17H2,1-2H3,(H,23,25)(H,24,28);1H. The van der Waals surface area contributed by atoms with E-state index in [1.54, 1.807) is 14.2 Å². The molecule has 8 heteroatoms. The molecule has 2 aromatic rings. The van der Waals surface area contributed by atoms with E-state index in [1.165, 1.54) is 5.69 Å². The number of hydrogen-bond donors (Lipinski definition) is 2. The molecule has 0 unspecified atom stereocenters. The first-order chi connectivity index (χ1) is 14.2. The number of halogens is 1. The molecule has 0 spiro atoms. The Morgan fingerprint density at radius 2 is 1.60 bits per heavy atom. The number of benzene rings is 2. The van der Waals surface area contributed by atoms with Crippen molar-refractivity contribution in [1.82, 2.24) is 15.5 Å². The van der Waals surface area contributed by atoms with Crippen LogP contribution in [0.3, 0.4) is 0 Å². The normalized spacial score (nSPS) is 14.0. The van der Waals surface area contributed by atoms with Gasteiger partial charge in [0.15, 0.2) is 5.96 Å². The Balaban J connectivity index is 0.00000320. The summed E-state index contributed by atoms with van der Waals surface area (Å²) in [6.45, 7) is 4.81. The van der Waals surface area contributed by atoms with Gasteiger partial charge < -0.3 is 25.2 Å². The fourth-order valence-electron chi connectivity index (χ4n) is 3.34. The molecule has 2 N–H and O–H groups in total. The van der Waals surface area contributed by atoms with Gasteiger partial charge in [-0.1, -0.05) is 18.2 Å². The van der Waals surface area contributed by atoms with Crippen LogP contribution in [0.5, 0.6) is 5.75 Å². The van der Waals surface area contributed by atoms with E-state index >= 15 is 0 Å². The SMILES string of the molecule is CN=C(NCCNC(=O)c1ccccc1)N1CCN(c2ccc(OC)cc2)CC1.I. The number of carbonyl (C=O) groups is 1. The van der Waals surface area contributed by atoms with Crippen LogP contribution in [-0.2, 0) is 0 Å².